The second-order valence-corrected chi connectivity index (χ2v) is 8.67. The lowest BCUT2D eigenvalue weighted by molar-refractivity contribution is -0.123. The van der Waals surface area contributed by atoms with Crippen molar-refractivity contribution in [2.45, 2.75) is 19.9 Å². The molecule has 1 N–H and O–H groups in total. The molecule has 0 saturated carbocycles. The molecular weight excluding hydrogens is 428 g/mol. The van der Waals surface area contributed by atoms with Gasteiger partial charge in [-0.15, -0.1) is 0 Å². The van der Waals surface area contributed by atoms with E-state index in [-0.39, 0.29) is 24.5 Å². The molecule has 1 fully saturated rings. The van der Waals surface area contributed by atoms with Crippen LogP contribution in [-0.2, 0) is 9.59 Å². The van der Waals surface area contributed by atoms with Crippen LogP contribution in [0, 0.1) is 0 Å². The predicted octanol–water partition coefficient (Wildman–Crippen LogP) is 4.97. The second kappa shape index (κ2) is 9.43. The van der Waals surface area contributed by atoms with E-state index in [9.17, 15) is 9.59 Å². The molecule has 150 valence electrons. The van der Waals surface area contributed by atoms with Gasteiger partial charge in [0.1, 0.15) is 10.1 Å². The third-order valence-corrected chi connectivity index (χ3v) is 5.60. The number of benzene rings is 2. The van der Waals surface area contributed by atoms with Crippen molar-refractivity contribution in [2.75, 3.05) is 11.9 Å². The van der Waals surface area contributed by atoms with Crippen LogP contribution in [0.3, 0.4) is 0 Å². The fourth-order valence-electron chi connectivity index (χ4n) is 2.62. The number of nitrogens with one attached hydrogen (secondary N) is 1. The number of halogens is 1. The zero-order valence-electron chi connectivity index (χ0n) is 15.8. The van der Waals surface area contributed by atoms with Crippen molar-refractivity contribution in [1.82, 2.24) is 4.90 Å². The van der Waals surface area contributed by atoms with E-state index in [0.29, 0.717) is 25.7 Å². The zero-order valence-corrected chi connectivity index (χ0v) is 18.2. The molecule has 29 heavy (non-hydrogen) atoms. The van der Waals surface area contributed by atoms with Gasteiger partial charge in [0.2, 0.25) is 0 Å². The van der Waals surface area contributed by atoms with Crippen LogP contribution in [0.5, 0.6) is 5.75 Å². The molecule has 1 aliphatic rings. The smallest absolute Gasteiger partial charge is 0.266 e. The lowest BCUT2D eigenvalue weighted by atomic mass is 10.2. The van der Waals surface area contributed by atoms with Gasteiger partial charge >= 0.3 is 0 Å². The van der Waals surface area contributed by atoms with Gasteiger partial charge in [-0.25, -0.2) is 0 Å². The molecule has 1 saturated heterocycles. The van der Waals surface area contributed by atoms with Crippen LogP contribution in [0.1, 0.15) is 19.4 Å². The number of hydrogen-bond donors (Lipinski definition) is 1. The first-order valence-electron chi connectivity index (χ1n) is 8.89. The average molecular weight is 447 g/mol. The van der Waals surface area contributed by atoms with E-state index in [1.807, 2.05) is 26.0 Å². The molecule has 1 aliphatic heterocycles. The highest BCUT2D eigenvalue weighted by Gasteiger charge is 2.33. The van der Waals surface area contributed by atoms with Gasteiger partial charge in [0.05, 0.1) is 4.91 Å². The highest BCUT2D eigenvalue weighted by Crippen LogP contribution is 2.34. The molecule has 0 bridgehead atoms. The first-order valence-corrected chi connectivity index (χ1v) is 10.5. The third-order valence-electron chi connectivity index (χ3n) is 4.02. The summed E-state index contributed by atoms with van der Waals surface area (Å²) in [7, 11) is 0. The molecule has 2 aromatic rings. The Morgan fingerprint density at radius 1 is 1.21 bits per heavy atom. The van der Waals surface area contributed by atoms with Crippen LogP contribution in [-0.4, -0.2) is 33.7 Å². The Balaban J connectivity index is 1.56. The number of amides is 2. The first-order chi connectivity index (χ1) is 13.8. The Labute approximate surface area is 184 Å². The van der Waals surface area contributed by atoms with Gasteiger partial charge in [0.25, 0.3) is 11.8 Å². The number of carbonyl (C=O) groups excluding carboxylic acids is 2. The number of rotatable bonds is 6. The molecule has 2 amide bonds. The van der Waals surface area contributed by atoms with E-state index in [0.717, 1.165) is 5.56 Å². The van der Waals surface area contributed by atoms with Crippen LogP contribution < -0.4 is 10.1 Å². The molecular formula is C21H19ClN2O3S2. The Morgan fingerprint density at radius 2 is 1.86 bits per heavy atom. The molecule has 0 aromatic heterocycles. The molecule has 0 atom stereocenters. The average Bonchev–Trinajstić information content (AvgIpc) is 2.96. The van der Waals surface area contributed by atoms with Crippen LogP contribution in [0.4, 0.5) is 5.69 Å². The maximum absolute atomic E-state index is 12.4. The first kappa shape index (κ1) is 21.4. The molecule has 0 spiro atoms. The molecule has 0 aliphatic carbocycles. The van der Waals surface area contributed by atoms with E-state index < -0.39 is 0 Å². The van der Waals surface area contributed by atoms with Crippen molar-refractivity contribution in [3.8, 4) is 5.75 Å². The molecule has 0 unspecified atom stereocenters. The number of thioether (sulfide) groups is 1. The molecule has 2 aromatic carbocycles. The van der Waals surface area contributed by atoms with Crippen LogP contribution in [0.15, 0.2) is 53.4 Å². The van der Waals surface area contributed by atoms with Gasteiger partial charge in [-0.05, 0) is 61.9 Å². The SMILES string of the molecule is CC(C)N1C(=O)/C(=C/c2ccc(OCC(=O)Nc3ccc(Cl)cc3)cc2)SC1=S. The number of thiocarbonyl (C=S) groups is 1. The Hall–Kier alpha value is -2.35. The Morgan fingerprint density at radius 3 is 2.45 bits per heavy atom. The van der Waals surface area contributed by atoms with Crippen molar-refractivity contribution < 1.29 is 14.3 Å². The van der Waals surface area contributed by atoms with E-state index in [4.69, 9.17) is 28.6 Å². The second-order valence-electron chi connectivity index (χ2n) is 6.56. The minimum Gasteiger partial charge on any atom is -0.484 e. The maximum Gasteiger partial charge on any atom is 0.266 e. The predicted molar refractivity (Wildman–Crippen MR) is 122 cm³/mol. The van der Waals surface area contributed by atoms with Gasteiger partial charge in [0.15, 0.2) is 6.61 Å². The summed E-state index contributed by atoms with van der Waals surface area (Å²) >= 11 is 12.4. The number of nitrogens with zero attached hydrogens (tertiary/aromatic N) is 1. The number of anilines is 1. The lowest BCUT2D eigenvalue weighted by Crippen LogP contribution is -2.34. The van der Waals surface area contributed by atoms with Gasteiger partial charge in [0, 0.05) is 16.8 Å². The third kappa shape index (κ3) is 5.59. The summed E-state index contributed by atoms with van der Waals surface area (Å²) in [5, 5.41) is 3.33. The lowest BCUT2D eigenvalue weighted by Gasteiger charge is -2.18. The minimum absolute atomic E-state index is 0.0307. The Kier molecular flexibility index (Phi) is 6.95. The van der Waals surface area contributed by atoms with Crippen molar-refractivity contribution in [2.24, 2.45) is 0 Å². The zero-order chi connectivity index (χ0) is 21.0. The number of carbonyl (C=O) groups is 2. The summed E-state index contributed by atoms with van der Waals surface area (Å²) in [6, 6.07) is 14.0. The normalized spacial score (nSPS) is 15.3. The van der Waals surface area contributed by atoms with E-state index >= 15 is 0 Å². The summed E-state index contributed by atoms with van der Waals surface area (Å²) in [4.78, 5) is 26.6. The van der Waals surface area contributed by atoms with E-state index in [2.05, 4.69) is 5.32 Å². The van der Waals surface area contributed by atoms with Gasteiger partial charge in [-0.2, -0.15) is 0 Å². The summed E-state index contributed by atoms with van der Waals surface area (Å²) in [5.74, 6) is 0.214. The van der Waals surface area contributed by atoms with Crippen LogP contribution >= 0.6 is 35.6 Å². The highest BCUT2D eigenvalue weighted by molar-refractivity contribution is 8.26. The fourth-order valence-corrected chi connectivity index (χ4v) is 4.27. The van der Waals surface area contributed by atoms with Crippen molar-refractivity contribution in [3.63, 3.8) is 0 Å². The largest absolute Gasteiger partial charge is 0.484 e. The fraction of sp³-hybridized carbons (Fsp3) is 0.190. The molecule has 3 rings (SSSR count). The van der Waals surface area contributed by atoms with Crippen molar-refractivity contribution >= 4 is 63.5 Å². The van der Waals surface area contributed by atoms with E-state index in [1.165, 1.54) is 11.8 Å². The molecule has 1 heterocycles. The van der Waals surface area contributed by atoms with Gasteiger partial charge in [-0.3, -0.25) is 14.5 Å². The highest BCUT2D eigenvalue weighted by atomic mass is 35.5. The summed E-state index contributed by atoms with van der Waals surface area (Å²) in [5.41, 5.74) is 1.50. The monoisotopic (exact) mass is 446 g/mol. The molecule has 8 heteroatoms. The van der Waals surface area contributed by atoms with Crippen molar-refractivity contribution in [1.29, 1.82) is 0 Å². The quantitative estimate of drug-likeness (QED) is 0.501. The molecule has 0 radical (unpaired) electrons. The molecule has 5 nitrogen and oxygen atoms in total. The summed E-state index contributed by atoms with van der Waals surface area (Å²) in [6.45, 7) is 3.75. The maximum atomic E-state index is 12.4. The van der Waals surface area contributed by atoms with Crippen LogP contribution in [0.25, 0.3) is 6.08 Å². The van der Waals surface area contributed by atoms with E-state index in [1.54, 1.807) is 47.4 Å². The minimum atomic E-state index is -0.270. The van der Waals surface area contributed by atoms with Gasteiger partial charge in [-0.1, -0.05) is 47.7 Å². The topological polar surface area (TPSA) is 58.6 Å². The standard InChI is InChI=1S/C21H19ClN2O3S2/c1-13(2)24-20(26)18(29-21(24)28)11-14-3-9-17(10-4-14)27-12-19(25)23-16-7-5-15(22)6-8-16/h3-11,13H,12H2,1-2H3,(H,23,25)/b18-11-. The van der Waals surface area contributed by atoms with Gasteiger partial charge < -0.3 is 10.1 Å². The summed E-state index contributed by atoms with van der Waals surface area (Å²) in [6.07, 6.45) is 1.80. The number of ether oxygens (including phenoxy) is 1. The van der Waals surface area contributed by atoms with Crippen molar-refractivity contribution in [3.05, 3.63) is 64.0 Å². The summed E-state index contributed by atoms with van der Waals surface area (Å²) < 4.78 is 6.09. The number of hydrogen-bond acceptors (Lipinski definition) is 5. The van der Waals surface area contributed by atoms with Crippen LogP contribution in [0.2, 0.25) is 5.02 Å². The Bertz CT molecular complexity index is 957.